The van der Waals surface area contributed by atoms with Gasteiger partial charge < -0.3 is 4.42 Å². The first kappa shape index (κ1) is 11.3. The molecule has 0 unspecified atom stereocenters. The van der Waals surface area contributed by atoms with Crippen molar-refractivity contribution in [3.05, 3.63) is 78.4 Å². The predicted molar refractivity (Wildman–Crippen MR) is 84.6 cm³/mol. The number of furan rings is 1. The van der Waals surface area contributed by atoms with Gasteiger partial charge in [0.15, 0.2) is 0 Å². The normalized spacial score (nSPS) is 14.7. The Labute approximate surface area is 117 Å². The molecule has 0 fully saturated rings. The van der Waals surface area contributed by atoms with E-state index in [-0.39, 0.29) is 0 Å². The van der Waals surface area contributed by atoms with Crippen molar-refractivity contribution in [3.8, 4) is 0 Å². The van der Waals surface area contributed by atoms with Gasteiger partial charge >= 0.3 is 0 Å². The van der Waals surface area contributed by atoms with Crippen LogP contribution in [0.4, 0.5) is 0 Å². The summed E-state index contributed by atoms with van der Waals surface area (Å²) in [5.74, 6) is 0. The summed E-state index contributed by atoms with van der Waals surface area (Å²) in [4.78, 5) is 0. The summed E-state index contributed by atoms with van der Waals surface area (Å²) in [5.41, 5.74) is 4.36. The van der Waals surface area contributed by atoms with E-state index < -0.39 is 0 Å². The van der Waals surface area contributed by atoms with Gasteiger partial charge in [0.05, 0.1) is 0 Å². The Balaban J connectivity index is 2.09. The predicted octanol–water partition coefficient (Wildman–Crippen LogP) is 5.49. The zero-order chi connectivity index (χ0) is 13.4. The van der Waals surface area contributed by atoms with Crippen molar-refractivity contribution >= 4 is 27.5 Å². The van der Waals surface area contributed by atoms with Crippen LogP contribution in [0.1, 0.15) is 12.0 Å². The Morgan fingerprint density at radius 1 is 0.850 bits per heavy atom. The average molecular weight is 258 g/mol. The second kappa shape index (κ2) is 4.53. The number of hydrogen-bond donors (Lipinski definition) is 0. The third-order valence-corrected chi connectivity index (χ3v) is 3.69. The van der Waals surface area contributed by atoms with Gasteiger partial charge in [-0.1, -0.05) is 60.7 Å². The minimum Gasteiger partial charge on any atom is -0.456 e. The first-order valence-electron chi connectivity index (χ1n) is 6.87. The van der Waals surface area contributed by atoms with Crippen LogP contribution >= 0.6 is 0 Å². The molecule has 1 aromatic heterocycles. The third kappa shape index (κ3) is 1.71. The molecule has 0 bridgehead atoms. The highest BCUT2D eigenvalue weighted by molar-refractivity contribution is 6.11. The molecule has 1 heteroatoms. The zero-order valence-corrected chi connectivity index (χ0v) is 11.0. The number of rotatable bonds is 1. The van der Waals surface area contributed by atoms with E-state index >= 15 is 0 Å². The van der Waals surface area contributed by atoms with Crippen LogP contribution in [0, 0.1) is 0 Å². The van der Waals surface area contributed by atoms with Gasteiger partial charge in [0.2, 0.25) is 0 Å². The molecule has 1 heterocycles. The van der Waals surface area contributed by atoms with Crippen LogP contribution in [0.25, 0.3) is 27.5 Å². The number of hydrogen-bond acceptors (Lipinski definition) is 1. The van der Waals surface area contributed by atoms with Crippen LogP contribution in [0.15, 0.2) is 77.3 Å². The van der Waals surface area contributed by atoms with Gasteiger partial charge in [-0.05, 0) is 29.7 Å². The van der Waals surface area contributed by atoms with E-state index in [1.165, 1.54) is 21.9 Å². The van der Waals surface area contributed by atoms with Crippen molar-refractivity contribution in [2.45, 2.75) is 6.42 Å². The van der Waals surface area contributed by atoms with E-state index in [1.54, 1.807) is 0 Å². The lowest BCUT2D eigenvalue weighted by molar-refractivity contribution is 0.669. The maximum atomic E-state index is 5.95. The summed E-state index contributed by atoms with van der Waals surface area (Å²) in [6.45, 7) is 0. The highest BCUT2D eigenvalue weighted by Crippen LogP contribution is 2.35. The quantitative estimate of drug-likeness (QED) is 0.563. The summed E-state index contributed by atoms with van der Waals surface area (Å²) in [6.07, 6.45) is 11.8. The molecule has 0 spiro atoms. The van der Waals surface area contributed by atoms with Gasteiger partial charge in [-0.3, -0.25) is 0 Å². The Hall–Kier alpha value is -2.54. The molecule has 0 atom stereocenters. The van der Waals surface area contributed by atoms with Crippen molar-refractivity contribution < 1.29 is 4.42 Å². The summed E-state index contributed by atoms with van der Waals surface area (Å²) in [6, 6.07) is 14.5. The molecule has 0 amide bonds. The Morgan fingerprint density at radius 2 is 1.75 bits per heavy atom. The molecule has 0 saturated carbocycles. The van der Waals surface area contributed by atoms with Crippen LogP contribution in [0.2, 0.25) is 0 Å². The highest BCUT2D eigenvalue weighted by atomic mass is 16.3. The smallest absolute Gasteiger partial charge is 0.136 e. The van der Waals surface area contributed by atoms with E-state index in [4.69, 9.17) is 4.42 Å². The van der Waals surface area contributed by atoms with Crippen LogP contribution < -0.4 is 0 Å². The average Bonchev–Trinajstić information content (AvgIpc) is 2.68. The molecule has 0 saturated heterocycles. The summed E-state index contributed by atoms with van der Waals surface area (Å²) >= 11 is 0. The van der Waals surface area contributed by atoms with Gasteiger partial charge in [-0.25, -0.2) is 0 Å². The molecule has 3 aromatic rings. The van der Waals surface area contributed by atoms with Crippen molar-refractivity contribution in [3.63, 3.8) is 0 Å². The Bertz CT molecular complexity index is 875. The highest BCUT2D eigenvalue weighted by Gasteiger charge is 2.12. The fraction of sp³-hybridized carbons (Fsp3) is 0.0526. The molecule has 0 N–H and O–H groups in total. The minimum absolute atomic E-state index is 0.948. The lowest BCUT2D eigenvalue weighted by Crippen LogP contribution is -1.82. The zero-order valence-electron chi connectivity index (χ0n) is 11.0. The third-order valence-electron chi connectivity index (χ3n) is 3.69. The van der Waals surface area contributed by atoms with Crippen molar-refractivity contribution in [1.29, 1.82) is 0 Å². The largest absolute Gasteiger partial charge is 0.456 e. The number of fused-ring (bicyclic) bond motifs is 3. The molecule has 0 radical (unpaired) electrons. The fourth-order valence-corrected chi connectivity index (χ4v) is 2.77. The van der Waals surface area contributed by atoms with Crippen molar-refractivity contribution in [2.24, 2.45) is 0 Å². The van der Waals surface area contributed by atoms with Gasteiger partial charge in [0.25, 0.3) is 0 Å². The first-order valence-corrected chi connectivity index (χ1v) is 6.87. The minimum atomic E-state index is 0.948. The van der Waals surface area contributed by atoms with Crippen LogP contribution in [-0.4, -0.2) is 0 Å². The molecule has 1 nitrogen and oxygen atoms in total. The lowest BCUT2D eigenvalue weighted by atomic mass is 9.99. The van der Waals surface area contributed by atoms with E-state index in [0.717, 1.165) is 17.6 Å². The second-order valence-electron chi connectivity index (χ2n) is 4.97. The molecule has 96 valence electrons. The summed E-state index contributed by atoms with van der Waals surface area (Å²) < 4.78 is 5.95. The van der Waals surface area contributed by atoms with Crippen molar-refractivity contribution in [1.82, 2.24) is 0 Å². The number of para-hydroxylation sites is 1. The summed E-state index contributed by atoms with van der Waals surface area (Å²) in [7, 11) is 0. The maximum absolute atomic E-state index is 5.95. The van der Waals surface area contributed by atoms with Crippen LogP contribution in [0.5, 0.6) is 0 Å². The van der Waals surface area contributed by atoms with Crippen molar-refractivity contribution in [2.75, 3.05) is 0 Å². The van der Waals surface area contributed by atoms with E-state index in [9.17, 15) is 0 Å². The monoisotopic (exact) mass is 258 g/mol. The molecular formula is C19H14O. The Morgan fingerprint density at radius 3 is 2.75 bits per heavy atom. The van der Waals surface area contributed by atoms with Crippen LogP contribution in [-0.2, 0) is 0 Å². The Kier molecular flexibility index (Phi) is 2.56. The standard InChI is InChI=1S/C19H14O/c1-2-4-9-14(8-3-1)15-11-7-13-18-19(15)16-10-5-6-12-17(16)20-18/h1,3-13H,2H2. The SMILES string of the molecule is C1=CCC=CC(c2cccc3oc4ccccc4c23)=C1. The molecule has 20 heavy (non-hydrogen) atoms. The van der Waals surface area contributed by atoms with Gasteiger partial charge in [-0.15, -0.1) is 0 Å². The topological polar surface area (TPSA) is 13.1 Å². The van der Waals surface area contributed by atoms with Gasteiger partial charge in [0.1, 0.15) is 11.2 Å². The molecule has 2 aromatic carbocycles. The molecule has 1 aliphatic carbocycles. The maximum Gasteiger partial charge on any atom is 0.136 e. The van der Waals surface area contributed by atoms with E-state index in [1.807, 2.05) is 18.2 Å². The molecule has 0 aliphatic heterocycles. The lowest BCUT2D eigenvalue weighted by Gasteiger charge is -2.03. The van der Waals surface area contributed by atoms with Crippen LogP contribution in [0.3, 0.4) is 0 Å². The molecular weight excluding hydrogens is 244 g/mol. The van der Waals surface area contributed by atoms with Gasteiger partial charge in [-0.2, -0.15) is 0 Å². The summed E-state index contributed by atoms with van der Waals surface area (Å²) in [5, 5.41) is 2.38. The molecule has 1 aliphatic rings. The number of allylic oxidation sites excluding steroid dienone is 6. The van der Waals surface area contributed by atoms with E-state index in [2.05, 4.69) is 54.6 Å². The number of benzene rings is 2. The molecule has 4 rings (SSSR count). The van der Waals surface area contributed by atoms with Gasteiger partial charge in [0, 0.05) is 10.8 Å². The van der Waals surface area contributed by atoms with E-state index in [0.29, 0.717) is 0 Å². The first-order chi connectivity index (χ1) is 9.93. The fourth-order valence-electron chi connectivity index (χ4n) is 2.77. The second-order valence-corrected chi connectivity index (χ2v) is 4.97.